The van der Waals surface area contributed by atoms with Gasteiger partial charge in [-0.1, -0.05) is 151 Å². The van der Waals surface area contributed by atoms with E-state index in [1.165, 1.54) is 5.56 Å². The maximum atomic E-state index is 13.8. The van der Waals surface area contributed by atoms with Crippen LogP contribution < -0.4 is 10.6 Å². The van der Waals surface area contributed by atoms with E-state index >= 15 is 0 Å². The summed E-state index contributed by atoms with van der Waals surface area (Å²) in [5.74, 6) is 0.992. The lowest BCUT2D eigenvalue weighted by Gasteiger charge is -2.34. The van der Waals surface area contributed by atoms with Crippen LogP contribution in [0.15, 0.2) is 122 Å². The molecule has 2 unspecified atom stereocenters. The van der Waals surface area contributed by atoms with Crippen LogP contribution in [0.2, 0.25) is 0 Å². The molecule has 4 atom stereocenters. The van der Waals surface area contributed by atoms with Crippen LogP contribution in [-0.2, 0) is 36.8 Å². The summed E-state index contributed by atoms with van der Waals surface area (Å²) in [4.78, 5) is 44.2. The summed E-state index contributed by atoms with van der Waals surface area (Å²) in [7, 11) is 3.17. The van der Waals surface area contributed by atoms with Crippen molar-refractivity contribution in [3.05, 3.63) is 144 Å². The van der Waals surface area contributed by atoms with Crippen molar-refractivity contribution in [3.63, 3.8) is 0 Å². The number of benzene rings is 4. The molecule has 2 amide bonds. The van der Waals surface area contributed by atoms with Gasteiger partial charge in [0, 0.05) is 20.6 Å². The van der Waals surface area contributed by atoms with Crippen LogP contribution in [0.4, 0.5) is 0 Å². The highest BCUT2D eigenvalue weighted by atomic mass is 16.5. The molecule has 6 aromatic rings. The third-order valence-electron chi connectivity index (χ3n) is 12.7. The fourth-order valence-electron chi connectivity index (χ4n) is 7.99. The van der Waals surface area contributed by atoms with Crippen LogP contribution >= 0.6 is 0 Å². The normalized spacial score (nSPS) is 14.8. The van der Waals surface area contributed by atoms with Gasteiger partial charge in [0.15, 0.2) is 0 Å². The Kier molecular flexibility index (Phi) is 16.2. The Morgan fingerprint density at radius 3 is 1.38 bits per heavy atom. The van der Waals surface area contributed by atoms with Crippen molar-refractivity contribution < 1.29 is 23.8 Å². The van der Waals surface area contributed by atoms with E-state index in [4.69, 9.17) is 24.2 Å². The fraction of sp³-hybridized carbons (Fsp3) is 0.418. The minimum absolute atomic E-state index is 0.147. The van der Waals surface area contributed by atoms with Gasteiger partial charge in [0.05, 0.1) is 49.1 Å². The maximum absolute atomic E-state index is 13.8. The first kappa shape index (κ1) is 49.6. The third-order valence-corrected chi connectivity index (χ3v) is 12.7. The van der Waals surface area contributed by atoms with Gasteiger partial charge in [0.1, 0.15) is 22.9 Å². The molecule has 11 heteroatoms. The average Bonchev–Trinajstić information content (AvgIpc) is 4.01. The van der Waals surface area contributed by atoms with E-state index in [-0.39, 0.29) is 28.7 Å². The number of nitrogens with one attached hydrogen (secondary N) is 4. The second-order valence-electron chi connectivity index (χ2n) is 19.9. The number of H-pyrrole nitrogens is 2. The summed E-state index contributed by atoms with van der Waals surface area (Å²) >= 11 is 0. The first-order valence-electron chi connectivity index (χ1n) is 23.1. The Morgan fingerprint density at radius 2 is 0.955 bits per heavy atom. The quantitative estimate of drug-likeness (QED) is 0.0527. The number of hydrogen-bond donors (Lipinski definition) is 4. The molecule has 0 fully saturated rings. The molecule has 11 nitrogen and oxygen atoms in total. The molecule has 2 heterocycles. The van der Waals surface area contributed by atoms with Crippen molar-refractivity contribution in [3.8, 4) is 33.6 Å². The molecule has 0 aliphatic rings. The van der Waals surface area contributed by atoms with Gasteiger partial charge >= 0.3 is 0 Å². The number of rotatable bonds is 21. The number of hydrogen-bond acceptors (Lipinski definition) is 7. The molecule has 0 radical (unpaired) electrons. The van der Waals surface area contributed by atoms with Gasteiger partial charge in [-0.25, -0.2) is 9.97 Å². The van der Waals surface area contributed by atoms with Crippen LogP contribution in [0.3, 0.4) is 0 Å². The van der Waals surface area contributed by atoms with Gasteiger partial charge in [0.2, 0.25) is 0 Å². The number of carbonyl (C=O) groups excluding carboxylic acids is 2. The lowest BCUT2D eigenvalue weighted by atomic mass is 9.85. The van der Waals surface area contributed by atoms with Crippen LogP contribution in [0.1, 0.15) is 116 Å². The number of aryl methyl sites for hydroxylation is 1. The number of aromatic nitrogens is 4. The van der Waals surface area contributed by atoms with Crippen LogP contribution in [-0.4, -0.2) is 63.8 Å². The number of nitrogens with zero attached hydrogens (tertiary/aromatic N) is 2. The summed E-state index contributed by atoms with van der Waals surface area (Å²) in [6.07, 6.45) is 7.47. The van der Waals surface area contributed by atoms with Gasteiger partial charge in [-0.15, -0.1) is 0 Å². The highest BCUT2D eigenvalue weighted by molar-refractivity contribution is 5.85. The van der Waals surface area contributed by atoms with Crippen LogP contribution in [0.5, 0.6) is 0 Å². The summed E-state index contributed by atoms with van der Waals surface area (Å²) in [6.45, 7) is 17.0. The van der Waals surface area contributed by atoms with Crippen molar-refractivity contribution in [1.29, 1.82) is 0 Å². The Hall–Kier alpha value is -5.88. The van der Waals surface area contributed by atoms with Crippen molar-refractivity contribution in [2.24, 2.45) is 10.8 Å². The molecular weight excluding hydrogens is 825 g/mol. The molecule has 350 valence electrons. The Morgan fingerprint density at radius 1 is 0.545 bits per heavy atom. The molecule has 66 heavy (non-hydrogen) atoms. The highest BCUT2D eigenvalue weighted by Crippen LogP contribution is 2.36. The smallest absolute Gasteiger partial charge is 0.252 e. The van der Waals surface area contributed by atoms with Crippen molar-refractivity contribution >= 4 is 11.8 Å². The highest BCUT2D eigenvalue weighted by Gasteiger charge is 2.40. The molecule has 0 aliphatic carbocycles. The number of methoxy groups -OCH3 is 2. The van der Waals surface area contributed by atoms with E-state index in [1.54, 1.807) is 21.1 Å². The first-order chi connectivity index (χ1) is 31.4. The van der Waals surface area contributed by atoms with E-state index < -0.39 is 17.2 Å². The lowest BCUT2D eigenvalue weighted by molar-refractivity contribution is -0.145. The third kappa shape index (κ3) is 12.7. The average molecular weight is 895 g/mol. The van der Waals surface area contributed by atoms with Gasteiger partial charge in [-0.3, -0.25) is 9.59 Å². The Balaban J connectivity index is 1.07. The second kappa shape index (κ2) is 21.6. The summed E-state index contributed by atoms with van der Waals surface area (Å²) < 4.78 is 17.5. The van der Waals surface area contributed by atoms with Crippen molar-refractivity contribution in [1.82, 2.24) is 30.6 Å². The largest absolute Gasteiger partial charge is 0.377 e. The molecule has 0 bridgehead atoms. The van der Waals surface area contributed by atoms with Gasteiger partial charge in [-0.2, -0.15) is 0 Å². The molecule has 0 spiro atoms. The number of amides is 2. The summed E-state index contributed by atoms with van der Waals surface area (Å²) in [5.41, 5.74) is 5.47. The predicted octanol–water partition coefficient (Wildman–Crippen LogP) is 11.4. The molecule has 0 aliphatic heterocycles. The number of aromatic amines is 2. The molecule has 4 N–H and O–H groups in total. The maximum Gasteiger partial charge on any atom is 0.252 e. The van der Waals surface area contributed by atoms with Crippen LogP contribution in [0.25, 0.3) is 33.6 Å². The second-order valence-corrected chi connectivity index (χ2v) is 19.9. The Bertz CT molecular complexity index is 2280. The minimum Gasteiger partial charge on any atom is -0.377 e. The van der Waals surface area contributed by atoms with E-state index in [0.717, 1.165) is 58.5 Å². The summed E-state index contributed by atoms with van der Waals surface area (Å²) in [5, 5.41) is 6.52. The van der Waals surface area contributed by atoms with E-state index in [1.807, 2.05) is 55.7 Å². The lowest BCUT2D eigenvalue weighted by Crippen LogP contribution is -2.50. The summed E-state index contributed by atoms with van der Waals surface area (Å²) in [6, 6.07) is 36.3. The molecule has 0 saturated heterocycles. The van der Waals surface area contributed by atoms with E-state index in [2.05, 4.69) is 135 Å². The SMILES string of the molecule is COC(C)(CCCCc1ccccc1)C(=O)N[C@H](c1ncc(-c2ccc(-c3ccc(-c4cnc([C@@H](NC(=O)C(C)(CCOCc5ccccc5)OC)C(C)(C)C)[nH]4)cc3)cc2)[nH]1)C(C)(C)C. The van der Waals surface area contributed by atoms with Gasteiger partial charge in [-0.05, 0) is 83.7 Å². The first-order valence-corrected chi connectivity index (χ1v) is 23.1. The Labute approximate surface area is 391 Å². The molecule has 2 aromatic heterocycles. The van der Waals surface area contributed by atoms with Gasteiger partial charge in [0.25, 0.3) is 11.8 Å². The number of unbranched alkanes of at least 4 members (excludes halogenated alkanes) is 1. The number of ether oxygens (including phenoxy) is 3. The van der Waals surface area contributed by atoms with E-state index in [9.17, 15) is 9.59 Å². The zero-order chi connectivity index (χ0) is 47.5. The van der Waals surface area contributed by atoms with Crippen molar-refractivity contribution in [2.75, 3.05) is 20.8 Å². The van der Waals surface area contributed by atoms with Gasteiger partial charge < -0.3 is 34.8 Å². The number of imidazole rings is 2. The van der Waals surface area contributed by atoms with Crippen LogP contribution in [0, 0.1) is 10.8 Å². The zero-order valence-electron chi connectivity index (χ0n) is 40.6. The standard InChI is InChI=1S/C55H70N6O5/c1-52(2,3)46(60-50(62)54(7,64-9)32-18-17-21-38-19-13-11-14-20-38)48-56-35-44(58-48)42-28-24-40(25-29-42)41-26-30-43(31-27-41)45-36-57-49(59-45)47(53(4,5)6)61-51(63)55(8,65-10)33-34-66-37-39-22-15-12-16-23-39/h11-16,19-20,22-31,35-36,46-47H,17-18,21,32-34,37H2,1-10H3,(H,56,58)(H,57,59)(H,60,62)(H,61,63)/t46-,47-,54?,55?/m1/s1. The molecule has 6 rings (SSSR count). The van der Waals surface area contributed by atoms with Crippen molar-refractivity contribution in [2.45, 2.75) is 117 Å². The predicted molar refractivity (Wildman–Crippen MR) is 263 cm³/mol. The molecular formula is C55H70N6O5. The zero-order valence-corrected chi connectivity index (χ0v) is 40.6. The van der Waals surface area contributed by atoms with E-state index in [0.29, 0.717) is 37.7 Å². The molecule has 4 aromatic carbocycles. The topological polar surface area (TPSA) is 143 Å². The monoisotopic (exact) mass is 895 g/mol. The minimum atomic E-state index is -1.09. The molecule has 0 saturated carbocycles. The number of carbonyl (C=O) groups is 2. The fourth-order valence-corrected chi connectivity index (χ4v) is 7.99.